The van der Waals surface area contributed by atoms with Gasteiger partial charge in [0, 0.05) is 11.1 Å². The first kappa shape index (κ1) is 24.9. The number of aryl methyl sites for hydroxylation is 1. The number of nitrogens with zero attached hydrogens (tertiary/aromatic N) is 2. The number of thiazole rings is 1. The number of aromatic amines is 1. The van der Waals surface area contributed by atoms with E-state index in [1.807, 2.05) is 74.5 Å². The molecule has 0 fully saturated rings. The minimum Gasteiger partial charge on any atom is -0.497 e. The molecule has 5 rings (SSSR count). The number of rotatable bonds is 8. The Hall–Kier alpha value is -3.82. The van der Waals surface area contributed by atoms with E-state index in [2.05, 4.69) is 21.4 Å². The molecular formula is C28H26N4O3S2. The Bertz CT molecular complexity index is 1480. The molecule has 0 saturated heterocycles. The third-order valence-corrected chi connectivity index (χ3v) is 7.77. The van der Waals surface area contributed by atoms with Crippen LogP contribution in [0.2, 0.25) is 0 Å². The summed E-state index contributed by atoms with van der Waals surface area (Å²) in [6.45, 7) is 3.90. The van der Waals surface area contributed by atoms with Crippen molar-refractivity contribution in [2.45, 2.75) is 24.3 Å². The average molecular weight is 531 g/mol. The van der Waals surface area contributed by atoms with Gasteiger partial charge in [0.25, 0.3) is 0 Å². The Balaban J connectivity index is 1.39. The van der Waals surface area contributed by atoms with Gasteiger partial charge in [-0.2, -0.15) is 0 Å². The van der Waals surface area contributed by atoms with E-state index in [1.54, 1.807) is 14.2 Å². The number of H-pyrrole nitrogens is 1. The molecule has 188 valence electrons. The molecule has 0 spiro atoms. The summed E-state index contributed by atoms with van der Waals surface area (Å²) in [6.07, 6.45) is 0. The first-order valence-electron chi connectivity index (χ1n) is 11.7. The molecule has 0 saturated carbocycles. The minimum atomic E-state index is -0.396. The van der Waals surface area contributed by atoms with Gasteiger partial charge >= 0.3 is 0 Å². The van der Waals surface area contributed by atoms with Crippen LogP contribution in [0.25, 0.3) is 32.7 Å². The predicted octanol–water partition coefficient (Wildman–Crippen LogP) is 6.80. The number of hydrogen-bond acceptors (Lipinski definition) is 7. The first-order chi connectivity index (χ1) is 17.9. The molecule has 1 unspecified atom stereocenters. The van der Waals surface area contributed by atoms with Gasteiger partial charge in [0.15, 0.2) is 10.3 Å². The van der Waals surface area contributed by atoms with Crippen molar-refractivity contribution in [3.05, 3.63) is 72.3 Å². The summed E-state index contributed by atoms with van der Waals surface area (Å²) in [5.74, 6) is 1.42. The summed E-state index contributed by atoms with van der Waals surface area (Å²) >= 11 is 2.84. The number of aromatic nitrogens is 3. The SMILES string of the molecule is COc1ccc(-c2nc(SC(C)C(=O)Nc3nc4ccc(C)cc4s3)[nH]c2-c2ccc(OC)cc2)cc1. The molecule has 3 aromatic carbocycles. The smallest absolute Gasteiger partial charge is 0.239 e. The Morgan fingerprint density at radius 2 is 1.59 bits per heavy atom. The topological polar surface area (TPSA) is 89.1 Å². The maximum Gasteiger partial charge on any atom is 0.239 e. The lowest BCUT2D eigenvalue weighted by molar-refractivity contribution is -0.115. The third-order valence-electron chi connectivity index (χ3n) is 5.86. The summed E-state index contributed by atoms with van der Waals surface area (Å²) in [4.78, 5) is 25.8. The van der Waals surface area contributed by atoms with E-state index in [-0.39, 0.29) is 5.91 Å². The van der Waals surface area contributed by atoms with Crippen LogP contribution in [-0.2, 0) is 4.79 Å². The van der Waals surface area contributed by atoms with Crippen molar-refractivity contribution < 1.29 is 14.3 Å². The van der Waals surface area contributed by atoms with Gasteiger partial charge in [-0.1, -0.05) is 29.2 Å². The molecule has 0 aliphatic carbocycles. The first-order valence-corrected chi connectivity index (χ1v) is 13.4. The molecular weight excluding hydrogens is 504 g/mol. The highest BCUT2D eigenvalue weighted by molar-refractivity contribution is 8.00. The van der Waals surface area contributed by atoms with Gasteiger partial charge in [0.1, 0.15) is 11.5 Å². The number of fused-ring (bicyclic) bond motifs is 1. The highest BCUT2D eigenvalue weighted by Crippen LogP contribution is 2.35. The van der Waals surface area contributed by atoms with E-state index < -0.39 is 5.25 Å². The molecule has 7 nitrogen and oxygen atoms in total. The zero-order valence-electron chi connectivity index (χ0n) is 20.9. The Kier molecular flexibility index (Phi) is 7.16. The van der Waals surface area contributed by atoms with E-state index in [1.165, 1.54) is 23.1 Å². The summed E-state index contributed by atoms with van der Waals surface area (Å²) in [7, 11) is 3.29. The molecule has 37 heavy (non-hydrogen) atoms. The number of imidazole rings is 1. The van der Waals surface area contributed by atoms with Gasteiger partial charge < -0.3 is 19.8 Å². The van der Waals surface area contributed by atoms with Gasteiger partial charge in [-0.25, -0.2) is 9.97 Å². The van der Waals surface area contributed by atoms with Gasteiger partial charge in [0.05, 0.1) is 41.1 Å². The molecule has 2 aromatic heterocycles. The standard InChI is InChI=1S/C28H26N4O3S2/c1-16-5-14-22-23(15-16)37-27(29-22)32-26(33)17(2)36-28-30-24(18-6-10-20(34-3)11-7-18)25(31-28)19-8-12-21(35-4)13-9-19/h5-15,17H,1-4H3,(H,30,31)(H,29,32,33). The van der Waals surface area contributed by atoms with Crippen molar-refractivity contribution in [1.82, 2.24) is 15.0 Å². The van der Waals surface area contributed by atoms with Crippen molar-refractivity contribution in [3.63, 3.8) is 0 Å². The van der Waals surface area contributed by atoms with Crippen LogP contribution in [0.4, 0.5) is 5.13 Å². The molecule has 5 aromatic rings. The van der Waals surface area contributed by atoms with Gasteiger partial charge in [-0.15, -0.1) is 0 Å². The predicted molar refractivity (Wildman–Crippen MR) is 151 cm³/mol. The number of thioether (sulfide) groups is 1. The molecule has 0 aliphatic rings. The number of benzene rings is 3. The van der Waals surface area contributed by atoms with Gasteiger partial charge in [0.2, 0.25) is 5.91 Å². The van der Waals surface area contributed by atoms with E-state index in [0.717, 1.165) is 49.8 Å². The largest absolute Gasteiger partial charge is 0.497 e. The molecule has 0 aliphatic heterocycles. The monoisotopic (exact) mass is 530 g/mol. The number of carbonyl (C=O) groups excluding carboxylic acids is 1. The lowest BCUT2D eigenvalue weighted by atomic mass is 10.0. The van der Waals surface area contributed by atoms with E-state index in [0.29, 0.717) is 10.3 Å². The maximum atomic E-state index is 13.0. The van der Waals surface area contributed by atoms with E-state index in [4.69, 9.17) is 14.5 Å². The lowest BCUT2D eigenvalue weighted by Crippen LogP contribution is -2.22. The van der Waals surface area contributed by atoms with Crippen LogP contribution in [0.3, 0.4) is 0 Å². The van der Waals surface area contributed by atoms with E-state index in [9.17, 15) is 4.79 Å². The number of nitrogens with one attached hydrogen (secondary N) is 2. The fourth-order valence-corrected chi connectivity index (χ4v) is 5.62. The Morgan fingerprint density at radius 1 is 0.946 bits per heavy atom. The molecule has 0 bridgehead atoms. The fourth-order valence-electron chi connectivity index (χ4n) is 3.84. The fraction of sp³-hybridized carbons (Fsp3) is 0.179. The number of anilines is 1. The lowest BCUT2D eigenvalue weighted by Gasteiger charge is -2.08. The summed E-state index contributed by atoms with van der Waals surface area (Å²) < 4.78 is 11.7. The van der Waals surface area contributed by atoms with Crippen molar-refractivity contribution in [2.75, 3.05) is 19.5 Å². The van der Waals surface area contributed by atoms with Crippen LogP contribution < -0.4 is 14.8 Å². The Labute approximate surface area is 223 Å². The van der Waals surface area contributed by atoms with Crippen LogP contribution in [0, 0.1) is 6.92 Å². The number of amides is 1. The van der Waals surface area contributed by atoms with Gasteiger partial charge in [-0.05, 0) is 80.1 Å². The minimum absolute atomic E-state index is 0.130. The third kappa shape index (κ3) is 5.47. The van der Waals surface area contributed by atoms with Crippen molar-refractivity contribution in [2.24, 2.45) is 0 Å². The normalized spacial score (nSPS) is 11.9. The maximum absolute atomic E-state index is 13.0. The van der Waals surface area contributed by atoms with Crippen molar-refractivity contribution in [3.8, 4) is 34.0 Å². The number of methoxy groups -OCH3 is 2. The van der Waals surface area contributed by atoms with Crippen LogP contribution in [0.5, 0.6) is 11.5 Å². The van der Waals surface area contributed by atoms with E-state index >= 15 is 0 Å². The highest BCUT2D eigenvalue weighted by Gasteiger charge is 2.21. The van der Waals surface area contributed by atoms with Crippen LogP contribution in [-0.4, -0.2) is 40.3 Å². The molecule has 9 heteroatoms. The van der Waals surface area contributed by atoms with Crippen LogP contribution >= 0.6 is 23.1 Å². The molecule has 1 atom stereocenters. The molecule has 2 N–H and O–H groups in total. The number of hydrogen-bond donors (Lipinski definition) is 2. The Morgan fingerprint density at radius 3 is 2.24 bits per heavy atom. The second-order valence-electron chi connectivity index (χ2n) is 8.46. The zero-order chi connectivity index (χ0) is 25.9. The summed E-state index contributed by atoms with van der Waals surface area (Å²) in [5, 5.41) is 3.81. The molecule has 0 radical (unpaired) electrons. The molecule has 1 amide bonds. The average Bonchev–Trinajstić information content (AvgIpc) is 3.52. The van der Waals surface area contributed by atoms with Gasteiger partial charge in [-0.3, -0.25) is 4.79 Å². The second kappa shape index (κ2) is 10.7. The summed E-state index contributed by atoms with van der Waals surface area (Å²) in [6, 6.07) is 21.6. The number of carbonyl (C=O) groups is 1. The second-order valence-corrected chi connectivity index (χ2v) is 10.8. The highest BCUT2D eigenvalue weighted by atomic mass is 32.2. The van der Waals surface area contributed by atoms with Crippen LogP contribution in [0.1, 0.15) is 12.5 Å². The van der Waals surface area contributed by atoms with Crippen molar-refractivity contribution in [1.29, 1.82) is 0 Å². The van der Waals surface area contributed by atoms with Crippen LogP contribution in [0.15, 0.2) is 71.9 Å². The number of ether oxygens (including phenoxy) is 2. The zero-order valence-corrected chi connectivity index (χ0v) is 22.5. The summed E-state index contributed by atoms with van der Waals surface area (Å²) in [5.41, 5.74) is 5.61. The molecule has 2 heterocycles. The van der Waals surface area contributed by atoms with Crippen molar-refractivity contribution >= 4 is 44.4 Å². The quantitative estimate of drug-likeness (QED) is 0.215.